The number of rotatable bonds is 5. The molecule has 4 heteroatoms. The van der Waals surface area contributed by atoms with E-state index < -0.39 is 5.97 Å². The summed E-state index contributed by atoms with van der Waals surface area (Å²) in [6, 6.07) is 3.34. The molecule has 0 radical (unpaired) electrons. The van der Waals surface area contributed by atoms with Gasteiger partial charge in [0.25, 0.3) is 0 Å². The molecule has 4 nitrogen and oxygen atoms in total. The fourth-order valence-corrected chi connectivity index (χ4v) is 2.88. The van der Waals surface area contributed by atoms with Crippen molar-refractivity contribution in [3.05, 3.63) is 41.5 Å². The van der Waals surface area contributed by atoms with E-state index in [0.29, 0.717) is 17.7 Å². The maximum atomic E-state index is 12.5. The van der Waals surface area contributed by atoms with Crippen LogP contribution in [0.1, 0.15) is 47.2 Å². The van der Waals surface area contributed by atoms with E-state index in [0.717, 1.165) is 24.8 Å². The van der Waals surface area contributed by atoms with E-state index in [1.54, 1.807) is 25.1 Å². The second-order valence-corrected chi connectivity index (χ2v) is 5.87. The van der Waals surface area contributed by atoms with E-state index in [9.17, 15) is 14.7 Å². The van der Waals surface area contributed by atoms with Gasteiger partial charge in [-0.1, -0.05) is 18.6 Å². The second-order valence-electron chi connectivity index (χ2n) is 5.87. The molecule has 1 aromatic rings. The molecule has 1 amide bonds. The summed E-state index contributed by atoms with van der Waals surface area (Å²) in [5.41, 5.74) is 2.02. The first-order valence-corrected chi connectivity index (χ1v) is 7.16. The van der Waals surface area contributed by atoms with E-state index in [-0.39, 0.29) is 16.9 Å². The van der Waals surface area contributed by atoms with Crippen molar-refractivity contribution in [2.24, 2.45) is 5.41 Å². The maximum Gasteiger partial charge on any atom is 0.336 e. The molecule has 0 spiro atoms. The Labute approximate surface area is 124 Å². The van der Waals surface area contributed by atoms with Crippen molar-refractivity contribution in [3.8, 4) is 0 Å². The highest BCUT2D eigenvalue weighted by Crippen LogP contribution is 2.45. The van der Waals surface area contributed by atoms with Crippen LogP contribution in [0.3, 0.4) is 0 Å². The van der Waals surface area contributed by atoms with Crippen LogP contribution < -0.4 is 5.32 Å². The van der Waals surface area contributed by atoms with Gasteiger partial charge in [0.1, 0.15) is 0 Å². The zero-order valence-electron chi connectivity index (χ0n) is 12.5. The van der Waals surface area contributed by atoms with Crippen molar-refractivity contribution >= 4 is 17.6 Å². The minimum Gasteiger partial charge on any atom is -0.478 e. The van der Waals surface area contributed by atoms with Gasteiger partial charge in [0.2, 0.25) is 5.91 Å². The number of allylic oxidation sites excluding steroid dienone is 1. The highest BCUT2D eigenvalue weighted by molar-refractivity contribution is 5.98. The average Bonchev–Trinajstić information content (AvgIpc) is 2.36. The van der Waals surface area contributed by atoms with Crippen molar-refractivity contribution in [1.29, 1.82) is 0 Å². The molecule has 1 aliphatic rings. The molecular formula is C17H21NO3. The van der Waals surface area contributed by atoms with Gasteiger partial charge in [0, 0.05) is 5.69 Å². The Hall–Kier alpha value is -2.10. The fraction of sp³-hybridized carbons (Fsp3) is 0.412. The largest absolute Gasteiger partial charge is 0.478 e. The lowest BCUT2D eigenvalue weighted by atomic mass is 9.66. The van der Waals surface area contributed by atoms with Gasteiger partial charge in [0.15, 0.2) is 0 Å². The molecule has 0 atom stereocenters. The quantitative estimate of drug-likeness (QED) is 0.812. The van der Waals surface area contributed by atoms with Crippen LogP contribution in [0.5, 0.6) is 0 Å². The molecule has 0 saturated heterocycles. The smallest absolute Gasteiger partial charge is 0.336 e. The van der Waals surface area contributed by atoms with E-state index in [4.69, 9.17) is 0 Å². The minimum atomic E-state index is -0.979. The molecular weight excluding hydrogens is 266 g/mol. The lowest BCUT2D eigenvalue weighted by Crippen LogP contribution is -2.41. The topological polar surface area (TPSA) is 66.4 Å². The van der Waals surface area contributed by atoms with Crippen LogP contribution in [-0.2, 0) is 4.79 Å². The molecule has 1 aliphatic carbocycles. The first kappa shape index (κ1) is 15.3. The number of carbonyl (C=O) groups is 2. The fourth-order valence-electron chi connectivity index (χ4n) is 2.88. The highest BCUT2D eigenvalue weighted by atomic mass is 16.4. The van der Waals surface area contributed by atoms with Crippen molar-refractivity contribution in [2.45, 2.75) is 39.5 Å². The summed E-state index contributed by atoms with van der Waals surface area (Å²) in [5.74, 6) is -1.01. The normalized spacial score (nSPS) is 15.9. The molecule has 1 fully saturated rings. The third-order valence-corrected chi connectivity index (χ3v) is 4.38. The Bertz CT molecular complexity index is 600. The van der Waals surface area contributed by atoms with Gasteiger partial charge in [-0.15, -0.1) is 6.58 Å². The van der Waals surface area contributed by atoms with E-state index >= 15 is 0 Å². The zero-order valence-corrected chi connectivity index (χ0v) is 12.5. The molecule has 0 aromatic heterocycles. The van der Waals surface area contributed by atoms with Gasteiger partial charge in [0.05, 0.1) is 11.0 Å². The summed E-state index contributed by atoms with van der Waals surface area (Å²) in [7, 11) is 0. The third kappa shape index (κ3) is 2.84. The first-order valence-electron chi connectivity index (χ1n) is 7.16. The summed E-state index contributed by atoms with van der Waals surface area (Å²) in [6.45, 7) is 7.35. The van der Waals surface area contributed by atoms with Crippen LogP contribution in [0.25, 0.3) is 0 Å². The average molecular weight is 287 g/mol. The third-order valence-electron chi connectivity index (χ3n) is 4.38. The number of benzene rings is 1. The summed E-state index contributed by atoms with van der Waals surface area (Å²) in [5, 5.41) is 12.1. The van der Waals surface area contributed by atoms with Crippen molar-refractivity contribution in [2.75, 3.05) is 5.32 Å². The molecule has 1 saturated carbocycles. The van der Waals surface area contributed by atoms with Crippen LogP contribution in [-0.4, -0.2) is 17.0 Å². The van der Waals surface area contributed by atoms with Crippen molar-refractivity contribution in [1.82, 2.24) is 0 Å². The molecule has 0 aliphatic heterocycles. The van der Waals surface area contributed by atoms with E-state index in [1.807, 2.05) is 6.92 Å². The molecule has 2 N–H and O–H groups in total. The van der Waals surface area contributed by atoms with Gasteiger partial charge in [-0.2, -0.15) is 0 Å². The zero-order chi connectivity index (χ0) is 15.6. The number of carbonyl (C=O) groups excluding carboxylic acids is 1. The van der Waals surface area contributed by atoms with E-state index in [1.165, 1.54) is 0 Å². The summed E-state index contributed by atoms with van der Waals surface area (Å²) in [4.78, 5) is 23.7. The number of hydrogen-bond donors (Lipinski definition) is 2. The number of hydrogen-bond acceptors (Lipinski definition) is 2. The molecule has 21 heavy (non-hydrogen) atoms. The van der Waals surface area contributed by atoms with Crippen LogP contribution in [0, 0.1) is 19.3 Å². The Morgan fingerprint density at radius 2 is 2.00 bits per heavy atom. The van der Waals surface area contributed by atoms with E-state index in [2.05, 4.69) is 11.9 Å². The monoisotopic (exact) mass is 287 g/mol. The summed E-state index contributed by atoms with van der Waals surface area (Å²) < 4.78 is 0. The summed E-state index contributed by atoms with van der Waals surface area (Å²) >= 11 is 0. The maximum absolute atomic E-state index is 12.5. The van der Waals surface area contributed by atoms with Crippen molar-refractivity contribution < 1.29 is 14.7 Å². The van der Waals surface area contributed by atoms with Crippen molar-refractivity contribution in [3.63, 3.8) is 0 Å². The van der Waals surface area contributed by atoms with Crippen LogP contribution in [0.15, 0.2) is 24.8 Å². The Morgan fingerprint density at radius 1 is 1.33 bits per heavy atom. The lowest BCUT2D eigenvalue weighted by Gasteiger charge is -2.39. The highest BCUT2D eigenvalue weighted by Gasteiger charge is 2.42. The number of carboxylic acid groups (broad SMARTS) is 1. The second kappa shape index (κ2) is 5.72. The Morgan fingerprint density at radius 3 is 2.48 bits per heavy atom. The minimum absolute atomic E-state index is 0.0306. The standard InChI is InChI=1S/C17H21NO3/c1-4-6-17(7-5-8-17)16(21)18-14-10-13(15(19)20)11(2)9-12(14)3/h4,9-10H,1,5-8H2,2-3H3,(H,18,21)(H,19,20). The summed E-state index contributed by atoms with van der Waals surface area (Å²) in [6.07, 6.45) is 5.22. The lowest BCUT2D eigenvalue weighted by molar-refractivity contribution is -0.130. The van der Waals surface area contributed by atoms with Gasteiger partial charge in [-0.05, 0) is 50.3 Å². The molecule has 1 aromatic carbocycles. The molecule has 112 valence electrons. The Balaban J connectivity index is 2.27. The number of nitrogens with one attached hydrogen (secondary N) is 1. The van der Waals surface area contributed by atoms with Gasteiger partial charge >= 0.3 is 5.97 Å². The molecule has 0 bridgehead atoms. The molecule has 0 unspecified atom stereocenters. The number of aryl methyl sites for hydroxylation is 2. The van der Waals surface area contributed by atoms with Crippen LogP contribution in [0.2, 0.25) is 0 Å². The first-order chi connectivity index (χ1) is 9.89. The van der Waals surface area contributed by atoms with Crippen LogP contribution >= 0.6 is 0 Å². The van der Waals surface area contributed by atoms with Gasteiger partial charge in [-0.25, -0.2) is 4.79 Å². The predicted octanol–water partition coefficient (Wildman–Crippen LogP) is 3.69. The SMILES string of the molecule is C=CCC1(C(=O)Nc2cc(C(=O)O)c(C)cc2C)CCC1. The Kier molecular flexibility index (Phi) is 4.16. The number of anilines is 1. The number of amides is 1. The van der Waals surface area contributed by atoms with Gasteiger partial charge in [-0.3, -0.25) is 4.79 Å². The van der Waals surface area contributed by atoms with Gasteiger partial charge < -0.3 is 10.4 Å². The number of aromatic carboxylic acids is 1. The van der Waals surface area contributed by atoms with Crippen LogP contribution in [0.4, 0.5) is 5.69 Å². The predicted molar refractivity (Wildman–Crippen MR) is 82.6 cm³/mol. The molecule has 0 heterocycles. The molecule has 2 rings (SSSR count). The number of carboxylic acids is 1.